The average molecular weight is 534 g/mol. The molecule has 5 rings (SSSR count). The van der Waals surface area contributed by atoms with Gasteiger partial charge in [-0.15, -0.1) is 0 Å². The maximum Gasteiger partial charge on any atom is 0.303 e. The first-order valence-electron chi connectivity index (χ1n) is 14.8. The summed E-state index contributed by atoms with van der Waals surface area (Å²) in [5, 5.41) is 0. The Kier molecular flexibility index (Phi) is 8.40. The molecule has 1 saturated heterocycles. The number of carbonyl (C=O) groups is 1. The van der Waals surface area contributed by atoms with Gasteiger partial charge in [-0.05, 0) is 81.8 Å². The van der Waals surface area contributed by atoms with Crippen LogP contribution in [0, 0.1) is 11.8 Å². The Hall–Kier alpha value is -3.13. The van der Waals surface area contributed by atoms with E-state index in [-0.39, 0.29) is 17.0 Å². The van der Waals surface area contributed by atoms with Crippen LogP contribution in [-0.4, -0.2) is 62.4 Å². The number of hydrogen-bond donors (Lipinski definition) is 0. The van der Waals surface area contributed by atoms with Crippen LogP contribution in [0.4, 0.5) is 0 Å². The number of amides is 1. The van der Waals surface area contributed by atoms with Crippen molar-refractivity contribution in [1.29, 1.82) is 0 Å². The first kappa shape index (κ1) is 27.4. The molecule has 1 aliphatic heterocycles. The second-order valence-corrected chi connectivity index (χ2v) is 12.0. The van der Waals surface area contributed by atoms with Crippen molar-refractivity contribution < 1.29 is 9.21 Å². The number of furan rings is 1. The van der Waals surface area contributed by atoms with Gasteiger partial charge in [0.15, 0.2) is 0 Å². The van der Waals surface area contributed by atoms with E-state index >= 15 is 0 Å². The van der Waals surface area contributed by atoms with Crippen molar-refractivity contribution in [2.75, 3.05) is 32.7 Å². The van der Waals surface area contributed by atoms with Crippen LogP contribution in [0.25, 0.3) is 27.9 Å². The molecule has 4 aromatic rings. The topological polar surface area (TPSA) is 76.0 Å². The summed E-state index contributed by atoms with van der Waals surface area (Å²) in [6, 6.07) is 7.46. The van der Waals surface area contributed by atoms with Crippen molar-refractivity contribution in [3.8, 4) is 0 Å². The highest BCUT2D eigenvalue weighted by Crippen LogP contribution is 2.24. The molecule has 0 unspecified atom stereocenters. The number of hydrogen-bond acceptors (Lipinski definition) is 5. The van der Waals surface area contributed by atoms with E-state index < -0.39 is 0 Å². The molecular weight excluding hydrogens is 490 g/mol. The van der Waals surface area contributed by atoms with Gasteiger partial charge in [0.25, 0.3) is 5.91 Å². The monoisotopic (exact) mass is 533 g/mol. The van der Waals surface area contributed by atoms with Gasteiger partial charge in [-0.2, -0.15) is 0 Å². The maximum atomic E-state index is 13.8. The maximum absolute atomic E-state index is 13.8. The zero-order chi connectivity index (χ0) is 27.5. The standard InChI is InChI=1S/C31H43N5O3/c1-22(2)11-18-34(19-12-23(3)4)29(37)24-9-10-26-27(21-24)35(17-8-16-33-14-6-5-7-15-33)31-32-25-13-20-39-28(25)30(38)36(26)31/h9-10,13,20-23H,5-8,11-12,14-19H2,1-4H3. The second-order valence-electron chi connectivity index (χ2n) is 12.0. The molecule has 0 radical (unpaired) electrons. The zero-order valence-electron chi connectivity index (χ0n) is 24.0. The van der Waals surface area contributed by atoms with E-state index in [1.165, 1.54) is 25.5 Å². The first-order valence-corrected chi connectivity index (χ1v) is 14.8. The van der Waals surface area contributed by atoms with Crippen molar-refractivity contribution in [1.82, 2.24) is 23.8 Å². The molecule has 0 atom stereocenters. The number of nitrogens with zero attached hydrogens (tertiary/aromatic N) is 5. The number of imidazole rings is 1. The van der Waals surface area contributed by atoms with Gasteiger partial charge in [-0.1, -0.05) is 34.1 Å². The molecule has 210 valence electrons. The number of piperidine rings is 1. The van der Waals surface area contributed by atoms with Crippen molar-refractivity contribution in [2.45, 2.75) is 72.8 Å². The molecule has 0 N–H and O–H groups in total. The Balaban J connectivity index is 1.53. The minimum atomic E-state index is -0.214. The summed E-state index contributed by atoms with van der Waals surface area (Å²) >= 11 is 0. The molecule has 4 heterocycles. The van der Waals surface area contributed by atoms with E-state index in [4.69, 9.17) is 9.40 Å². The molecule has 8 heteroatoms. The predicted octanol–water partition coefficient (Wildman–Crippen LogP) is 5.81. The first-order chi connectivity index (χ1) is 18.8. The Morgan fingerprint density at radius 1 is 0.974 bits per heavy atom. The highest BCUT2D eigenvalue weighted by atomic mass is 16.3. The van der Waals surface area contributed by atoms with Crippen LogP contribution in [0.15, 0.2) is 39.7 Å². The van der Waals surface area contributed by atoms with E-state index in [9.17, 15) is 9.59 Å². The molecule has 1 fully saturated rings. The molecule has 3 aromatic heterocycles. The number of aromatic nitrogens is 3. The molecule has 0 spiro atoms. The largest absolute Gasteiger partial charge is 0.457 e. The molecule has 0 bridgehead atoms. The van der Waals surface area contributed by atoms with Crippen LogP contribution in [0.1, 0.15) is 76.6 Å². The van der Waals surface area contributed by atoms with Crippen LogP contribution in [0.5, 0.6) is 0 Å². The van der Waals surface area contributed by atoms with E-state index in [0.717, 1.165) is 69.6 Å². The quantitative estimate of drug-likeness (QED) is 0.243. The predicted molar refractivity (Wildman–Crippen MR) is 156 cm³/mol. The Bertz CT molecular complexity index is 1480. The molecule has 0 saturated carbocycles. The average Bonchev–Trinajstić information content (AvgIpc) is 3.52. The molecular formula is C31H43N5O3. The lowest BCUT2D eigenvalue weighted by molar-refractivity contribution is 0.0741. The summed E-state index contributed by atoms with van der Waals surface area (Å²) in [5.74, 6) is 1.71. The van der Waals surface area contributed by atoms with Gasteiger partial charge in [-0.25, -0.2) is 9.38 Å². The summed E-state index contributed by atoms with van der Waals surface area (Å²) in [7, 11) is 0. The lowest BCUT2D eigenvalue weighted by atomic mass is 10.1. The van der Waals surface area contributed by atoms with Crippen LogP contribution in [0.3, 0.4) is 0 Å². The van der Waals surface area contributed by atoms with Gasteiger partial charge < -0.3 is 18.8 Å². The summed E-state index contributed by atoms with van der Waals surface area (Å²) in [5.41, 5.74) is 2.88. The highest BCUT2D eigenvalue weighted by molar-refractivity contribution is 5.98. The highest BCUT2D eigenvalue weighted by Gasteiger charge is 2.22. The van der Waals surface area contributed by atoms with Crippen LogP contribution in [0.2, 0.25) is 0 Å². The van der Waals surface area contributed by atoms with Gasteiger partial charge in [0, 0.05) is 31.3 Å². The number of benzene rings is 1. The SMILES string of the molecule is CC(C)CCN(CCC(C)C)C(=O)c1ccc2c(c1)n(CCCN1CCCCC1)c1nc3ccoc3c(=O)n21. The van der Waals surface area contributed by atoms with Crippen molar-refractivity contribution in [3.63, 3.8) is 0 Å². The Labute approximate surface area is 230 Å². The number of rotatable bonds is 11. The number of fused-ring (bicyclic) bond motifs is 4. The van der Waals surface area contributed by atoms with Gasteiger partial charge in [0.1, 0.15) is 5.52 Å². The molecule has 1 aromatic carbocycles. The van der Waals surface area contributed by atoms with Crippen LogP contribution in [-0.2, 0) is 6.54 Å². The van der Waals surface area contributed by atoms with Crippen molar-refractivity contribution in [2.24, 2.45) is 11.8 Å². The molecule has 0 aliphatic carbocycles. The summed E-state index contributed by atoms with van der Waals surface area (Å²) in [6.07, 6.45) is 8.26. The van der Waals surface area contributed by atoms with Gasteiger partial charge >= 0.3 is 5.56 Å². The van der Waals surface area contributed by atoms with E-state index in [1.54, 1.807) is 10.5 Å². The van der Waals surface area contributed by atoms with Crippen LogP contribution >= 0.6 is 0 Å². The fourth-order valence-electron chi connectivity index (χ4n) is 5.65. The third kappa shape index (κ3) is 5.91. The summed E-state index contributed by atoms with van der Waals surface area (Å²) in [4.78, 5) is 36.6. The fourth-order valence-corrected chi connectivity index (χ4v) is 5.65. The molecule has 8 nitrogen and oxygen atoms in total. The molecule has 39 heavy (non-hydrogen) atoms. The Morgan fingerprint density at radius 3 is 2.38 bits per heavy atom. The third-order valence-electron chi connectivity index (χ3n) is 8.00. The van der Waals surface area contributed by atoms with Gasteiger partial charge in [0.05, 0.1) is 17.3 Å². The lowest BCUT2D eigenvalue weighted by Gasteiger charge is -2.26. The van der Waals surface area contributed by atoms with Gasteiger partial charge in [0.2, 0.25) is 11.4 Å². The number of aryl methyl sites for hydroxylation is 1. The van der Waals surface area contributed by atoms with Crippen LogP contribution < -0.4 is 5.56 Å². The number of carbonyl (C=O) groups excluding carboxylic acids is 1. The minimum absolute atomic E-state index is 0.0531. The normalized spacial score (nSPS) is 14.9. The lowest BCUT2D eigenvalue weighted by Crippen LogP contribution is -2.34. The fraction of sp³-hybridized carbons (Fsp3) is 0.581. The molecule has 1 amide bonds. The van der Waals surface area contributed by atoms with E-state index in [1.807, 2.05) is 23.1 Å². The smallest absolute Gasteiger partial charge is 0.303 e. The zero-order valence-corrected chi connectivity index (χ0v) is 24.0. The number of likely N-dealkylation sites (tertiary alicyclic amines) is 1. The minimum Gasteiger partial charge on any atom is -0.457 e. The van der Waals surface area contributed by atoms with Crippen molar-refractivity contribution >= 4 is 33.8 Å². The molecule has 1 aliphatic rings. The van der Waals surface area contributed by atoms with E-state index in [2.05, 4.69) is 37.2 Å². The summed E-state index contributed by atoms with van der Waals surface area (Å²) in [6.45, 7) is 14.3. The second kappa shape index (κ2) is 11.9. The summed E-state index contributed by atoms with van der Waals surface area (Å²) < 4.78 is 9.25. The van der Waals surface area contributed by atoms with E-state index in [0.29, 0.717) is 28.7 Å². The third-order valence-corrected chi connectivity index (χ3v) is 8.00. The van der Waals surface area contributed by atoms with Crippen molar-refractivity contribution in [3.05, 3.63) is 46.4 Å². The van der Waals surface area contributed by atoms with Gasteiger partial charge in [-0.3, -0.25) is 9.59 Å². The Morgan fingerprint density at radius 2 is 1.69 bits per heavy atom.